The predicted octanol–water partition coefficient (Wildman–Crippen LogP) is 18.9. The monoisotopic (exact) mass is 913 g/mol. The highest BCUT2D eigenvalue weighted by atomic mass is 16.6. The van der Waals surface area contributed by atoms with E-state index in [2.05, 4.69) is 57.2 Å². The first-order chi connectivity index (χ1) is 32.0. The number of carbonyl (C=O) groups is 3. The molecule has 380 valence electrons. The smallest absolute Gasteiger partial charge is 0.306 e. The molecule has 0 rings (SSSR count). The van der Waals surface area contributed by atoms with Crippen LogP contribution in [0.25, 0.3) is 0 Å². The van der Waals surface area contributed by atoms with Crippen LogP contribution >= 0.6 is 0 Å². The van der Waals surface area contributed by atoms with Crippen LogP contribution in [0, 0.1) is 0 Å². The normalized spacial score (nSPS) is 11.8. The summed E-state index contributed by atoms with van der Waals surface area (Å²) in [5.74, 6) is -0.922. The predicted molar refractivity (Wildman–Crippen MR) is 279 cm³/mol. The van der Waals surface area contributed by atoms with E-state index >= 15 is 0 Å². The van der Waals surface area contributed by atoms with E-state index in [-0.39, 0.29) is 37.5 Å². The lowest BCUT2D eigenvalue weighted by atomic mass is 10.0. The van der Waals surface area contributed by atoms with Gasteiger partial charge in [0.1, 0.15) is 13.2 Å². The van der Waals surface area contributed by atoms with Crippen molar-refractivity contribution in [2.75, 3.05) is 13.2 Å². The molecule has 0 aromatic rings. The van der Waals surface area contributed by atoms with Gasteiger partial charge >= 0.3 is 17.9 Å². The number of hydrogen-bond donors (Lipinski definition) is 0. The van der Waals surface area contributed by atoms with Crippen molar-refractivity contribution in [1.82, 2.24) is 0 Å². The SMILES string of the molecule is CCCCCCCC/C=C\C/C=C\C/C=C\CCCC(=O)OC(COC(=O)CCCCCCCCCCCCCCCCC)COC(=O)CCCCCCCCCCCCCCCCC. The highest BCUT2D eigenvalue weighted by Crippen LogP contribution is 2.16. The van der Waals surface area contributed by atoms with E-state index in [1.807, 2.05) is 0 Å². The Hall–Kier alpha value is -2.37. The van der Waals surface area contributed by atoms with E-state index < -0.39 is 6.10 Å². The molecule has 0 bridgehead atoms. The van der Waals surface area contributed by atoms with Gasteiger partial charge in [0.05, 0.1) is 0 Å². The number of ether oxygens (including phenoxy) is 3. The summed E-state index contributed by atoms with van der Waals surface area (Å²) < 4.78 is 16.8. The average Bonchev–Trinajstić information content (AvgIpc) is 3.30. The topological polar surface area (TPSA) is 78.9 Å². The van der Waals surface area contributed by atoms with Crippen LogP contribution in [0.5, 0.6) is 0 Å². The lowest BCUT2D eigenvalue weighted by Gasteiger charge is -2.18. The van der Waals surface area contributed by atoms with Crippen molar-refractivity contribution in [3.63, 3.8) is 0 Å². The molecule has 0 aromatic carbocycles. The van der Waals surface area contributed by atoms with Crippen LogP contribution in [-0.2, 0) is 28.6 Å². The minimum Gasteiger partial charge on any atom is -0.462 e. The molecule has 6 heteroatoms. The number of hydrogen-bond acceptors (Lipinski definition) is 6. The Labute approximate surface area is 404 Å². The van der Waals surface area contributed by atoms with Crippen LogP contribution in [0.4, 0.5) is 0 Å². The van der Waals surface area contributed by atoms with E-state index in [1.165, 1.54) is 199 Å². The fourth-order valence-electron chi connectivity index (χ4n) is 8.34. The second-order valence-corrected chi connectivity index (χ2v) is 19.2. The molecule has 0 aliphatic carbocycles. The van der Waals surface area contributed by atoms with E-state index in [9.17, 15) is 14.4 Å². The van der Waals surface area contributed by atoms with Crippen molar-refractivity contribution in [3.8, 4) is 0 Å². The maximum absolute atomic E-state index is 12.8. The van der Waals surface area contributed by atoms with E-state index in [4.69, 9.17) is 14.2 Å². The number of esters is 3. The van der Waals surface area contributed by atoms with Crippen LogP contribution in [0.1, 0.15) is 303 Å². The maximum Gasteiger partial charge on any atom is 0.306 e. The van der Waals surface area contributed by atoms with Gasteiger partial charge in [-0.1, -0.05) is 269 Å². The average molecular weight is 914 g/mol. The van der Waals surface area contributed by atoms with Gasteiger partial charge in [-0.15, -0.1) is 0 Å². The van der Waals surface area contributed by atoms with Crippen molar-refractivity contribution in [1.29, 1.82) is 0 Å². The quantitative estimate of drug-likeness (QED) is 0.0262. The number of allylic oxidation sites excluding steroid dienone is 6. The molecule has 0 atom stereocenters. The highest BCUT2D eigenvalue weighted by molar-refractivity contribution is 5.71. The van der Waals surface area contributed by atoms with E-state index in [1.54, 1.807) is 0 Å². The lowest BCUT2D eigenvalue weighted by Crippen LogP contribution is -2.30. The first-order valence-corrected chi connectivity index (χ1v) is 28.5. The molecule has 0 unspecified atom stereocenters. The van der Waals surface area contributed by atoms with E-state index in [0.29, 0.717) is 19.3 Å². The summed E-state index contributed by atoms with van der Waals surface area (Å²) >= 11 is 0. The van der Waals surface area contributed by atoms with Crippen LogP contribution in [0.15, 0.2) is 36.5 Å². The van der Waals surface area contributed by atoms with E-state index in [0.717, 1.165) is 57.8 Å². The first-order valence-electron chi connectivity index (χ1n) is 28.5. The Morgan fingerprint density at radius 3 is 0.908 bits per heavy atom. The fraction of sp³-hybridized carbons (Fsp3) is 0.847. The molecule has 65 heavy (non-hydrogen) atoms. The summed E-state index contributed by atoms with van der Waals surface area (Å²) in [6.07, 6.45) is 64.2. The minimum atomic E-state index is -0.793. The molecule has 0 radical (unpaired) electrons. The third-order valence-corrected chi connectivity index (χ3v) is 12.6. The molecular formula is C59H108O6. The molecule has 0 aromatic heterocycles. The lowest BCUT2D eigenvalue weighted by molar-refractivity contribution is -0.167. The maximum atomic E-state index is 12.8. The molecule has 0 spiro atoms. The summed E-state index contributed by atoms with van der Waals surface area (Å²) in [6, 6.07) is 0. The van der Waals surface area contributed by atoms with Gasteiger partial charge in [-0.25, -0.2) is 0 Å². The van der Waals surface area contributed by atoms with Gasteiger partial charge in [-0.05, 0) is 51.4 Å². The van der Waals surface area contributed by atoms with Crippen molar-refractivity contribution in [3.05, 3.63) is 36.5 Å². The molecule has 0 aliphatic rings. The van der Waals surface area contributed by atoms with Gasteiger partial charge in [-0.3, -0.25) is 14.4 Å². The summed E-state index contributed by atoms with van der Waals surface area (Å²) in [6.45, 7) is 6.63. The Bertz CT molecular complexity index is 1040. The molecule has 0 N–H and O–H groups in total. The zero-order chi connectivity index (χ0) is 47.2. The van der Waals surface area contributed by atoms with Gasteiger partial charge in [0.25, 0.3) is 0 Å². The molecular weight excluding hydrogens is 805 g/mol. The summed E-state index contributed by atoms with van der Waals surface area (Å²) in [5.41, 5.74) is 0. The zero-order valence-corrected chi connectivity index (χ0v) is 43.5. The second-order valence-electron chi connectivity index (χ2n) is 19.2. The van der Waals surface area contributed by atoms with Crippen LogP contribution in [0.2, 0.25) is 0 Å². The molecule has 6 nitrogen and oxygen atoms in total. The van der Waals surface area contributed by atoms with Crippen molar-refractivity contribution in [2.45, 2.75) is 309 Å². The summed E-state index contributed by atoms with van der Waals surface area (Å²) in [4.78, 5) is 38.1. The number of rotatable bonds is 52. The Morgan fingerprint density at radius 2 is 0.569 bits per heavy atom. The summed E-state index contributed by atoms with van der Waals surface area (Å²) in [5, 5.41) is 0. The molecule has 0 amide bonds. The Balaban J connectivity index is 4.41. The molecule has 0 saturated carbocycles. The van der Waals surface area contributed by atoms with Crippen LogP contribution in [-0.4, -0.2) is 37.2 Å². The Morgan fingerprint density at radius 1 is 0.308 bits per heavy atom. The number of carbonyl (C=O) groups excluding carboxylic acids is 3. The second kappa shape index (κ2) is 54.2. The van der Waals surface area contributed by atoms with Gasteiger partial charge in [0.2, 0.25) is 0 Å². The highest BCUT2D eigenvalue weighted by Gasteiger charge is 2.19. The zero-order valence-electron chi connectivity index (χ0n) is 43.5. The van der Waals surface area contributed by atoms with Gasteiger partial charge in [0, 0.05) is 19.3 Å². The van der Waals surface area contributed by atoms with Crippen molar-refractivity contribution < 1.29 is 28.6 Å². The van der Waals surface area contributed by atoms with Crippen molar-refractivity contribution in [2.24, 2.45) is 0 Å². The Kier molecular flexibility index (Phi) is 52.3. The molecule has 0 aliphatic heterocycles. The third kappa shape index (κ3) is 52.5. The molecule has 0 heterocycles. The largest absolute Gasteiger partial charge is 0.462 e. The van der Waals surface area contributed by atoms with Crippen LogP contribution < -0.4 is 0 Å². The minimum absolute atomic E-state index is 0.0873. The van der Waals surface area contributed by atoms with Gasteiger partial charge in [-0.2, -0.15) is 0 Å². The summed E-state index contributed by atoms with van der Waals surface area (Å²) in [7, 11) is 0. The third-order valence-electron chi connectivity index (χ3n) is 12.6. The van der Waals surface area contributed by atoms with Crippen LogP contribution in [0.3, 0.4) is 0 Å². The van der Waals surface area contributed by atoms with Gasteiger partial charge in [0.15, 0.2) is 6.10 Å². The number of unbranched alkanes of at least 4 members (excludes halogenated alkanes) is 35. The van der Waals surface area contributed by atoms with Crippen molar-refractivity contribution >= 4 is 17.9 Å². The first kappa shape index (κ1) is 62.6. The molecule has 0 saturated heterocycles. The fourth-order valence-corrected chi connectivity index (χ4v) is 8.34. The van der Waals surface area contributed by atoms with Gasteiger partial charge < -0.3 is 14.2 Å². The molecule has 0 fully saturated rings. The standard InChI is InChI=1S/C59H108O6/c1-4-7-10-13-16-19-22-25-28-29-32-35-38-41-44-47-50-53-59(62)65-56(54-63-57(60)51-48-45-42-39-36-33-30-26-23-20-17-14-11-8-5-2)55-64-58(61)52-49-46-43-40-37-34-31-27-24-21-18-15-12-9-6-3/h25,28,32,35,41,44,56H,4-24,26-27,29-31,33-34,36-40,42-43,45-55H2,1-3H3/b28-25-,35-32-,44-41-.